The van der Waals surface area contributed by atoms with Crippen LogP contribution in [0.1, 0.15) is 39.5 Å². The SMILES string of the molecule is C/C(CO)=C(/C)CC1CCCCO1. The molecule has 0 aliphatic carbocycles. The zero-order valence-electron chi connectivity index (χ0n) is 8.68. The van der Waals surface area contributed by atoms with Crippen molar-refractivity contribution < 1.29 is 9.84 Å². The Morgan fingerprint density at radius 2 is 2.08 bits per heavy atom. The van der Waals surface area contributed by atoms with Crippen LogP contribution in [0.25, 0.3) is 0 Å². The van der Waals surface area contributed by atoms with Crippen molar-refractivity contribution in [2.24, 2.45) is 0 Å². The Hall–Kier alpha value is -0.340. The molecule has 1 fully saturated rings. The van der Waals surface area contributed by atoms with Gasteiger partial charge < -0.3 is 9.84 Å². The van der Waals surface area contributed by atoms with Gasteiger partial charge in [0.2, 0.25) is 0 Å². The first kappa shape index (κ1) is 10.7. The van der Waals surface area contributed by atoms with Gasteiger partial charge in [0.25, 0.3) is 0 Å². The summed E-state index contributed by atoms with van der Waals surface area (Å²) in [4.78, 5) is 0. The molecule has 0 spiro atoms. The third-order valence-corrected chi connectivity index (χ3v) is 2.77. The number of aliphatic hydroxyl groups is 1. The van der Waals surface area contributed by atoms with Crippen LogP contribution in [0, 0.1) is 0 Å². The van der Waals surface area contributed by atoms with E-state index in [9.17, 15) is 0 Å². The highest BCUT2D eigenvalue weighted by Crippen LogP contribution is 2.20. The summed E-state index contributed by atoms with van der Waals surface area (Å²) in [6, 6.07) is 0. The van der Waals surface area contributed by atoms with Crippen LogP contribution in [-0.4, -0.2) is 24.4 Å². The molecule has 0 aromatic rings. The van der Waals surface area contributed by atoms with Gasteiger partial charge in [-0.2, -0.15) is 0 Å². The van der Waals surface area contributed by atoms with Crippen molar-refractivity contribution in [2.75, 3.05) is 13.2 Å². The van der Waals surface area contributed by atoms with Crippen LogP contribution in [-0.2, 0) is 4.74 Å². The molecule has 0 bridgehead atoms. The van der Waals surface area contributed by atoms with Gasteiger partial charge >= 0.3 is 0 Å². The fraction of sp³-hybridized carbons (Fsp3) is 0.818. The van der Waals surface area contributed by atoms with Crippen molar-refractivity contribution in [3.05, 3.63) is 11.1 Å². The van der Waals surface area contributed by atoms with E-state index in [0.29, 0.717) is 6.10 Å². The fourth-order valence-corrected chi connectivity index (χ4v) is 1.62. The second kappa shape index (κ2) is 5.40. The Kier molecular flexibility index (Phi) is 4.46. The van der Waals surface area contributed by atoms with E-state index in [-0.39, 0.29) is 6.61 Å². The molecule has 0 aromatic carbocycles. The fourth-order valence-electron chi connectivity index (χ4n) is 1.62. The minimum Gasteiger partial charge on any atom is -0.392 e. The van der Waals surface area contributed by atoms with Gasteiger partial charge in [-0.05, 0) is 45.1 Å². The third kappa shape index (κ3) is 3.49. The van der Waals surface area contributed by atoms with Crippen LogP contribution in [0.15, 0.2) is 11.1 Å². The molecule has 1 N–H and O–H groups in total. The number of aliphatic hydroxyl groups excluding tert-OH is 1. The topological polar surface area (TPSA) is 29.5 Å². The van der Waals surface area contributed by atoms with Gasteiger partial charge in [0.05, 0.1) is 12.7 Å². The van der Waals surface area contributed by atoms with Gasteiger partial charge in [-0.1, -0.05) is 5.57 Å². The van der Waals surface area contributed by atoms with Crippen molar-refractivity contribution in [2.45, 2.75) is 45.6 Å². The first-order chi connectivity index (χ1) is 6.24. The summed E-state index contributed by atoms with van der Waals surface area (Å²) in [5.41, 5.74) is 2.38. The maximum Gasteiger partial charge on any atom is 0.0641 e. The lowest BCUT2D eigenvalue weighted by atomic mass is 9.99. The van der Waals surface area contributed by atoms with E-state index in [4.69, 9.17) is 9.84 Å². The van der Waals surface area contributed by atoms with Crippen LogP contribution in [0.4, 0.5) is 0 Å². The molecular formula is C11H20O2. The molecule has 0 radical (unpaired) electrons. The monoisotopic (exact) mass is 184 g/mol. The number of hydrogen-bond acceptors (Lipinski definition) is 2. The Morgan fingerprint density at radius 1 is 1.31 bits per heavy atom. The van der Waals surface area contributed by atoms with E-state index in [1.54, 1.807) is 0 Å². The van der Waals surface area contributed by atoms with Crippen LogP contribution >= 0.6 is 0 Å². The predicted molar refractivity (Wildman–Crippen MR) is 53.7 cm³/mol. The van der Waals surface area contributed by atoms with Gasteiger partial charge in [0.15, 0.2) is 0 Å². The second-order valence-electron chi connectivity index (χ2n) is 3.91. The summed E-state index contributed by atoms with van der Waals surface area (Å²) < 4.78 is 5.63. The average Bonchev–Trinajstić information content (AvgIpc) is 2.18. The average molecular weight is 184 g/mol. The van der Waals surface area contributed by atoms with Gasteiger partial charge in [-0.15, -0.1) is 0 Å². The molecule has 1 saturated heterocycles. The van der Waals surface area contributed by atoms with Crippen LogP contribution in [0.2, 0.25) is 0 Å². The molecule has 0 saturated carbocycles. The van der Waals surface area contributed by atoms with Gasteiger partial charge in [0.1, 0.15) is 0 Å². The van der Waals surface area contributed by atoms with E-state index in [0.717, 1.165) is 18.6 Å². The van der Waals surface area contributed by atoms with Gasteiger partial charge in [0, 0.05) is 6.61 Å². The van der Waals surface area contributed by atoms with E-state index in [1.807, 2.05) is 6.92 Å². The highest BCUT2D eigenvalue weighted by molar-refractivity contribution is 5.10. The van der Waals surface area contributed by atoms with Crippen LogP contribution < -0.4 is 0 Å². The minimum absolute atomic E-state index is 0.179. The van der Waals surface area contributed by atoms with Crippen molar-refractivity contribution in [3.8, 4) is 0 Å². The predicted octanol–water partition coefficient (Wildman–Crippen LogP) is 2.27. The molecule has 1 atom stereocenters. The molecule has 2 heteroatoms. The Morgan fingerprint density at radius 3 is 2.62 bits per heavy atom. The van der Waals surface area contributed by atoms with Gasteiger partial charge in [-0.3, -0.25) is 0 Å². The molecule has 0 aromatic heterocycles. The molecule has 1 unspecified atom stereocenters. The summed E-state index contributed by atoms with van der Waals surface area (Å²) in [5.74, 6) is 0. The van der Waals surface area contributed by atoms with E-state index >= 15 is 0 Å². The summed E-state index contributed by atoms with van der Waals surface area (Å²) in [6.07, 6.45) is 5.06. The quantitative estimate of drug-likeness (QED) is 0.682. The molecule has 1 heterocycles. The maximum atomic E-state index is 8.94. The minimum atomic E-state index is 0.179. The lowest BCUT2D eigenvalue weighted by Crippen LogP contribution is -2.19. The summed E-state index contributed by atoms with van der Waals surface area (Å²) in [6.45, 7) is 5.16. The largest absolute Gasteiger partial charge is 0.392 e. The molecule has 0 amide bonds. The number of hydrogen-bond donors (Lipinski definition) is 1. The molecule has 2 nitrogen and oxygen atoms in total. The zero-order chi connectivity index (χ0) is 9.68. The lowest BCUT2D eigenvalue weighted by Gasteiger charge is -2.23. The standard InChI is InChI=1S/C11H20O2/c1-9(10(2)8-12)7-11-5-3-4-6-13-11/h11-12H,3-8H2,1-2H3/b10-9+. The number of rotatable bonds is 3. The Balaban J connectivity index is 2.38. The zero-order valence-corrected chi connectivity index (χ0v) is 8.68. The molecule has 76 valence electrons. The van der Waals surface area contributed by atoms with Crippen molar-refractivity contribution in [3.63, 3.8) is 0 Å². The molecule has 1 aliphatic heterocycles. The van der Waals surface area contributed by atoms with E-state index in [1.165, 1.54) is 24.8 Å². The molecular weight excluding hydrogens is 164 g/mol. The maximum absolute atomic E-state index is 8.94. The summed E-state index contributed by atoms with van der Waals surface area (Å²) >= 11 is 0. The normalized spacial score (nSPS) is 25.6. The van der Waals surface area contributed by atoms with Crippen LogP contribution in [0.3, 0.4) is 0 Å². The smallest absolute Gasteiger partial charge is 0.0641 e. The first-order valence-electron chi connectivity index (χ1n) is 5.11. The van der Waals surface area contributed by atoms with E-state index in [2.05, 4.69) is 6.92 Å². The van der Waals surface area contributed by atoms with Crippen LogP contribution in [0.5, 0.6) is 0 Å². The first-order valence-corrected chi connectivity index (χ1v) is 5.11. The second-order valence-corrected chi connectivity index (χ2v) is 3.91. The molecule has 13 heavy (non-hydrogen) atoms. The highest BCUT2D eigenvalue weighted by atomic mass is 16.5. The summed E-state index contributed by atoms with van der Waals surface area (Å²) in [5, 5.41) is 8.94. The lowest BCUT2D eigenvalue weighted by molar-refractivity contribution is 0.0166. The molecule has 1 rings (SSSR count). The summed E-state index contributed by atoms with van der Waals surface area (Å²) in [7, 11) is 0. The molecule has 1 aliphatic rings. The van der Waals surface area contributed by atoms with E-state index < -0.39 is 0 Å². The van der Waals surface area contributed by atoms with Crippen molar-refractivity contribution in [1.82, 2.24) is 0 Å². The van der Waals surface area contributed by atoms with Crippen molar-refractivity contribution >= 4 is 0 Å². The Labute approximate surface area is 80.6 Å². The van der Waals surface area contributed by atoms with Crippen molar-refractivity contribution in [1.29, 1.82) is 0 Å². The highest BCUT2D eigenvalue weighted by Gasteiger charge is 2.14. The van der Waals surface area contributed by atoms with Gasteiger partial charge in [-0.25, -0.2) is 0 Å². The Bertz CT molecular complexity index is 179. The third-order valence-electron chi connectivity index (χ3n) is 2.77. The number of ether oxygens (including phenoxy) is 1.